The van der Waals surface area contributed by atoms with Gasteiger partial charge in [-0.1, -0.05) is 36.4 Å². The number of hydrogen-bond donors (Lipinski definition) is 0. The minimum Gasteiger partial charge on any atom is -0.459 e. The molecule has 0 radical (unpaired) electrons. The molecular formula is C21H19N3O3S. The van der Waals surface area contributed by atoms with Gasteiger partial charge in [-0.3, -0.25) is 9.59 Å². The molecule has 142 valence electrons. The molecule has 0 saturated carbocycles. The van der Waals surface area contributed by atoms with Gasteiger partial charge in [0.25, 0.3) is 11.8 Å². The van der Waals surface area contributed by atoms with Crippen molar-refractivity contribution >= 4 is 28.9 Å². The van der Waals surface area contributed by atoms with Crippen LogP contribution in [0.1, 0.15) is 33.5 Å². The summed E-state index contributed by atoms with van der Waals surface area (Å²) in [6.07, 6.45) is 2.08. The highest BCUT2D eigenvalue weighted by atomic mass is 32.1. The zero-order valence-corrected chi connectivity index (χ0v) is 16.1. The second kappa shape index (κ2) is 7.82. The van der Waals surface area contributed by atoms with Crippen molar-refractivity contribution in [2.45, 2.75) is 12.5 Å². The van der Waals surface area contributed by atoms with E-state index in [1.54, 1.807) is 30.5 Å². The van der Waals surface area contributed by atoms with Crippen molar-refractivity contribution < 1.29 is 14.0 Å². The highest BCUT2D eigenvalue weighted by Crippen LogP contribution is 2.33. The van der Waals surface area contributed by atoms with Gasteiger partial charge in [0.2, 0.25) is 0 Å². The molecule has 7 heteroatoms. The number of furan rings is 1. The number of carbonyl (C=O) groups is 2. The molecule has 0 fully saturated rings. The Bertz CT molecular complexity index is 981. The van der Waals surface area contributed by atoms with Crippen LogP contribution in [0.25, 0.3) is 0 Å². The van der Waals surface area contributed by atoms with Crippen molar-refractivity contribution in [3.05, 3.63) is 82.4 Å². The van der Waals surface area contributed by atoms with Gasteiger partial charge in [0, 0.05) is 13.5 Å². The van der Waals surface area contributed by atoms with Gasteiger partial charge in [-0.2, -0.15) is 5.10 Å². The van der Waals surface area contributed by atoms with E-state index in [4.69, 9.17) is 4.42 Å². The smallest absolute Gasteiger partial charge is 0.289 e. The number of benzene rings is 1. The summed E-state index contributed by atoms with van der Waals surface area (Å²) in [7, 11) is 1.58. The summed E-state index contributed by atoms with van der Waals surface area (Å²) in [5.41, 5.74) is 1.91. The van der Waals surface area contributed by atoms with Gasteiger partial charge in [0.15, 0.2) is 5.76 Å². The van der Waals surface area contributed by atoms with Crippen molar-refractivity contribution in [1.29, 1.82) is 0 Å². The molecule has 6 nitrogen and oxygen atoms in total. The summed E-state index contributed by atoms with van der Waals surface area (Å²) in [6.45, 7) is -0.0793. The number of thiophene rings is 1. The van der Waals surface area contributed by atoms with Crippen LogP contribution in [0.3, 0.4) is 0 Å². The topological polar surface area (TPSA) is 66.1 Å². The van der Waals surface area contributed by atoms with Gasteiger partial charge in [0.05, 0.1) is 22.9 Å². The molecule has 3 heterocycles. The van der Waals surface area contributed by atoms with E-state index in [1.165, 1.54) is 16.2 Å². The Balaban J connectivity index is 1.56. The van der Waals surface area contributed by atoms with Crippen LogP contribution in [0, 0.1) is 0 Å². The van der Waals surface area contributed by atoms with E-state index >= 15 is 0 Å². The van der Waals surface area contributed by atoms with Gasteiger partial charge in [-0.15, -0.1) is 11.3 Å². The van der Waals surface area contributed by atoms with Crippen LogP contribution in [0.4, 0.5) is 0 Å². The van der Waals surface area contributed by atoms with E-state index in [0.717, 1.165) is 16.2 Å². The standard InChI is InChI=1S/C21H19N3O3S/c1-23(21(26)18-9-5-11-27-18)14-20(25)24-17(15-7-3-2-4-8-15)13-16(22-24)19-10-6-12-28-19/h2-12,17H,13-14H2,1H3/t17-/m1/s1. The average molecular weight is 393 g/mol. The van der Waals surface area contributed by atoms with Crippen molar-refractivity contribution in [1.82, 2.24) is 9.91 Å². The SMILES string of the molecule is CN(CC(=O)N1N=C(c2cccs2)C[C@@H]1c1ccccc1)C(=O)c1ccco1. The first kappa shape index (κ1) is 18.2. The normalized spacial score (nSPS) is 16.1. The Kier molecular flexibility index (Phi) is 5.08. The molecule has 2 aromatic heterocycles. The number of rotatable bonds is 5. The molecule has 28 heavy (non-hydrogen) atoms. The lowest BCUT2D eigenvalue weighted by Crippen LogP contribution is -2.39. The summed E-state index contributed by atoms with van der Waals surface area (Å²) in [4.78, 5) is 27.8. The molecule has 0 spiro atoms. The van der Waals surface area contributed by atoms with E-state index in [9.17, 15) is 9.59 Å². The van der Waals surface area contributed by atoms with Gasteiger partial charge >= 0.3 is 0 Å². The lowest BCUT2D eigenvalue weighted by Gasteiger charge is -2.24. The molecule has 0 bridgehead atoms. The fourth-order valence-electron chi connectivity index (χ4n) is 3.20. The predicted octanol–water partition coefficient (Wildman–Crippen LogP) is 3.79. The number of likely N-dealkylation sites (N-methyl/N-ethyl adjacent to an activating group) is 1. The maximum Gasteiger partial charge on any atom is 0.289 e. The Hall–Kier alpha value is -3.19. The third-order valence-electron chi connectivity index (χ3n) is 4.61. The first-order chi connectivity index (χ1) is 13.6. The molecule has 0 N–H and O–H groups in total. The van der Waals surface area contributed by atoms with E-state index in [2.05, 4.69) is 5.10 Å². The first-order valence-corrected chi connectivity index (χ1v) is 9.79. The molecule has 0 unspecified atom stereocenters. The van der Waals surface area contributed by atoms with E-state index in [0.29, 0.717) is 6.42 Å². The Morgan fingerprint density at radius 1 is 1.18 bits per heavy atom. The number of carbonyl (C=O) groups excluding carboxylic acids is 2. The van der Waals surface area contributed by atoms with E-state index in [1.807, 2.05) is 47.8 Å². The lowest BCUT2D eigenvalue weighted by atomic mass is 10.0. The zero-order valence-electron chi connectivity index (χ0n) is 15.3. The third-order valence-corrected chi connectivity index (χ3v) is 5.53. The van der Waals surface area contributed by atoms with Crippen LogP contribution in [-0.2, 0) is 4.79 Å². The molecular weight excluding hydrogens is 374 g/mol. The molecule has 4 rings (SSSR count). The van der Waals surface area contributed by atoms with E-state index in [-0.39, 0.29) is 30.2 Å². The summed E-state index contributed by atoms with van der Waals surface area (Å²) >= 11 is 1.60. The van der Waals surface area contributed by atoms with Crippen LogP contribution < -0.4 is 0 Å². The quantitative estimate of drug-likeness (QED) is 0.662. The Morgan fingerprint density at radius 2 is 2.00 bits per heavy atom. The highest BCUT2D eigenvalue weighted by Gasteiger charge is 2.34. The number of hydrazone groups is 1. The van der Waals surface area contributed by atoms with Gasteiger partial charge in [0.1, 0.15) is 6.54 Å². The highest BCUT2D eigenvalue weighted by molar-refractivity contribution is 7.12. The fourth-order valence-corrected chi connectivity index (χ4v) is 3.92. The summed E-state index contributed by atoms with van der Waals surface area (Å²) in [5.74, 6) is -0.363. The van der Waals surface area contributed by atoms with Crippen LogP contribution >= 0.6 is 11.3 Å². The monoisotopic (exact) mass is 393 g/mol. The van der Waals surface area contributed by atoms with Gasteiger partial charge < -0.3 is 9.32 Å². The molecule has 1 aliphatic heterocycles. The van der Waals surface area contributed by atoms with Gasteiger partial charge in [-0.25, -0.2) is 5.01 Å². The van der Waals surface area contributed by atoms with Crippen molar-refractivity contribution in [2.24, 2.45) is 5.10 Å². The summed E-state index contributed by atoms with van der Waals surface area (Å²) in [5, 5.41) is 8.12. The number of hydrogen-bond acceptors (Lipinski definition) is 5. The van der Waals surface area contributed by atoms with Crippen molar-refractivity contribution in [3.8, 4) is 0 Å². The minimum atomic E-state index is -0.337. The molecule has 2 amide bonds. The molecule has 0 saturated heterocycles. The molecule has 1 atom stereocenters. The fraction of sp³-hybridized carbons (Fsp3) is 0.190. The number of nitrogens with zero attached hydrogens (tertiary/aromatic N) is 3. The number of amides is 2. The van der Waals surface area contributed by atoms with E-state index < -0.39 is 0 Å². The van der Waals surface area contributed by atoms with Crippen molar-refractivity contribution in [3.63, 3.8) is 0 Å². The second-order valence-electron chi connectivity index (χ2n) is 6.53. The largest absolute Gasteiger partial charge is 0.459 e. The maximum absolute atomic E-state index is 13.0. The van der Waals surface area contributed by atoms with Crippen molar-refractivity contribution in [2.75, 3.05) is 13.6 Å². The molecule has 1 aliphatic rings. The first-order valence-electron chi connectivity index (χ1n) is 8.91. The molecule has 0 aliphatic carbocycles. The predicted molar refractivity (Wildman–Crippen MR) is 107 cm³/mol. The Morgan fingerprint density at radius 3 is 2.68 bits per heavy atom. The minimum absolute atomic E-state index is 0.0793. The maximum atomic E-state index is 13.0. The zero-order chi connectivity index (χ0) is 19.5. The lowest BCUT2D eigenvalue weighted by molar-refractivity contribution is -0.133. The summed E-state index contributed by atoms with van der Waals surface area (Å²) in [6, 6.07) is 16.9. The molecule has 3 aromatic rings. The average Bonchev–Trinajstić information content (AvgIpc) is 3.49. The van der Waals surface area contributed by atoms with Crippen LogP contribution in [0.2, 0.25) is 0 Å². The van der Waals surface area contributed by atoms with Crippen LogP contribution in [-0.4, -0.2) is 41.0 Å². The van der Waals surface area contributed by atoms with Crippen LogP contribution in [0.15, 0.2) is 75.8 Å². The molecule has 1 aromatic carbocycles. The van der Waals surface area contributed by atoms with Gasteiger partial charge in [-0.05, 0) is 29.1 Å². The Labute approximate surface area is 166 Å². The van der Waals surface area contributed by atoms with Crippen LogP contribution in [0.5, 0.6) is 0 Å². The third kappa shape index (κ3) is 3.61. The second-order valence-corrected chi connectivity index (χ2v) is 7.48. The summed E-state index contributed by atoms with van der Waals surface area (Å²) < 4.78 is 5.14.